The van der Waals surface area contributed by atoms with Gasteiger partial charge in [0.2, 0.25) is 11.9 Å². The van der Waals surface area contributed by atoms with Crippen LogP contribution >= 0.6 is 0 Å². The maximum absolute atomic E-state index is 15.0. The van der Waals surface area contributed by atoms with Gasteiger partial charge in [0.15, 0.2) is 0 Å². The molecule has 3 aromatic carbocycles. The van der Waals surface area contributed by atoms with Crippen LogP contribution in [0.25, 0.3) is 22.0 Å². The van der Waals surface area contributed by atoms with E-state index in [-0.39, 0.29) is 12.0 Å². The molecule has 1 aliphatic heterocycles. The van der Waals surface area contributed by atoms with Gasteiger partial charge in [-0.1, -0.05) is 30.8 Å². The smallest absolute Gasteiger partial charge is 0.247 e. The van der Waals surface area contributed by atoms with Crippen molar-refractivity contribution in [1.29, 1.82) is 0 Å². The molecule has 0 radical (unpaired) electrons. The highest BCUT2D eigenvalue weighted by Gasteiger charge is 2.16. The maximum Gasteiger partial charge on any atom is 0.247 e. The van der Waals surface area contributed by atoms with Crippen molar-refractivity contribution in [3.05, 3.63) is 90.9 Å². The molecule has 0 spiro atoms. The summed E-state index contributed by atoms with van der Waals surface area (Å²) in [5, 5.41) is 9.93. The zero-order valence-electron chi connectivity index (χ0n) is 18.9. The Kier molecular flexibility index (Phi) is 6.47. The van der Waals surface area contributed by atoms with Crippen molar-refractivity contribution in [3.8, 4) is 11.1 Å². The molecule has 1 unspecified atom stereocenters. The van der Waals surface area contributed by atoms with Crippen LogP contribution in [0.4, 0.5) is 21.7 Å². The highest BCUT2D eigenvalue weighted by atomic mass is 19.1. The van der Waals surface area contributed by atoms with E-state index in [9.17, 15) is 4.79 Å². The van der Waals surface area contributed by atoms with Crippen molar-refractivity contribution in [2.75, 3.05) is 30.3 Å². The van der Waals surface area contributed by atoms with E-state index < -0.39 is 5.82 Å². The van der Waals surface area contributed by atoms with Crippen LogP contribution in [0, 0.1) is 5.82 Å². The third-order valence-corrected chi connectivity index (χ3v) is 5.77. The Morgan fingerprint density at radius 1 is 1.14 bits per heavy atom. The number of halogens is 1. The van der Waals surface area contributed by atoms with Crippen molar-refractivity contribution in [2.45, 2.75) is 6.10 Å². The van der Waals surface area contributed by atoms with Crippen LogP contribution in [-0.4, -0.2) is 35.6 Å². The van der Waals surface area contributed by atoms with Crippen molar-refractivity contribution in [1.82, 2.24) is 15.3 Å². The van der Waals surface area contributed by atoms with Crippen molar-refractivity contribution >= 4 is 34.1 Å². The van der Waals surface area contributed by atoms with Gasteiger partial charge in [0.1, 0.15) is 5.82 Å². The topological polar surface area (TPSA) is 88.2 Å². The Morgan fingerprint density at radius 3 is 2.77 bits per heavy atom. The van der Waals surface area contributed by atoms with E-state index in [1.807, 2.05) is 24.3 Å². The van der Waals surface area contributed by atoms with E-state index in [0.717, 1.165) is 24.3 Å². The van der Waals surface area contributed by atoms with Crippen LogP contribution in [-0.2, 0) is 9.53 Å². The van der Waals surface area contributed by atoms with Gasteiger partial charge in [-0.15, -0.1) is 0 Å². The zero-order valence-corrected chi connectivity index (χ0v) is 18.9. The molecule has 1 amide bonds. The molecule has 5 rings (SSSR count). The third-order valence-electron chi connectivity index (χ3n) is 5.77. The summed E-state index contributed by atoms with van der Waals surface area (Å²) in [5.74, 6) is -0.407. The summed E-state index contributed by atoms with van der Waals surface area (Å²) in [7, 11) is 0. The van der Waals surface area contributed by atoms with Crippen LogP contribution in [0.5, 0.6) is 0 Å². The van der Waals surface area contributed by atoms with Crippen LogP contribution in [0.1, 0.15) is 11.7 Å². The fourth-order valence-electron chi connectivity index (χ4n) is 4.04. The summed E-state index contributed by atoms with van der Waals surface area (Å²) in [5.41, 5.74) is 3.82. The first-order valence-electron chi connectivity index (χ1n) is 11.3. The fourth-order valence-corrected chi connectivity index (χ4v) is 4.04. The fraction of sp³-hybridized carbons (Fsp3) is 0.148. The minimum Gasteiger partial charge on any atom is -0.371 e. The van der Waals surface area contributed by atoms with Gasteiger partial charge < -0.3 is 20.7 Å². The van der Waals surface area contributed by atoms with E-state index in [4.69, 9.17) is 4.74 Å². The predicted molar refractivity (Wildman–Crippen MR) is 135 cm³/mol. The summed E-state index contributed by atoms with van der Waals surface area (Å²) in [6.07, 6.45) is 2.88. The second-order valence-electron chi connectivity index (χ2n) is 8.14. The molecule has 7 nitrogen and oxygen atoms in total. The lowest BCUT2D eigenvalue weighted by Crippen LogP contribution is -2.33. The van der Waals surface area contributed by atoms with E-state index in [0.29, 0.717) is 40.3 Å². The summed E-state index contributed by atoms with van der Waals surface area (Å²) in [6, 6.07) is 17.9. The molecule has 1 atom stereocenters. The molecular weight excluding hydrogens is 445 g/mol. The second-order valence-corrected chi connectivity index (χ2v) is 8.14. The van der Waals surface area contributed by atoms with E-state index in [1.54, 1.807) is 36.5 Å². The number of rotatable bonds is 6. The van der Waals surface area contributed by atoms with Gasteiger partial charge in [-0.25, -0.2) is 14.4 Å². The minimum atomic E-state index is -0.417. The second kappa shape index (κ2) is 10.0. The molecule has 2 heterocycles. The average Bonchev–Trinajstić information content (AvgIpc) is 2.89. The highest BCUT2D eigenvalue weighted by molar-refractivity contribution is 6.00. The van der Waals surface area contributed by atoms with Crippen LogP contribution in [0.15, 0.2) is 79.5 Å². The number of benzene rings is 3. The van der Waals surface area contributed by atoms with Crippen molar-refractivity contribution in [2.24, 2.45) is 0 Å². The quantitative estimate of drug-likeness (QED) is 0.346. The van der Waals surface area contributed by atoms with Gasteiger partial charge >= 0.3 is 0 Å². The summed E-state index contributed by atoms with van der Waals surface area (Å²) < 4.78 is 20.8. The standard InChI is InChI=1S/C27H24FN5O2/c1-2-24(34)31-21-5-3-4-18(14-21)25-22(28)11-8-19-15-30-27(33-26(19)25)32-20-9-6-17(7-10-20)23-16-29-12-13-35-23/h2-11,14-15,23,29H,1,12-13,16H2,(H,31,34)(H,30,32,33). The van der Waals surface area contributed by atoms with Crippen molar-refractivity contribution in [3.63, 3.8) is 0 Å². The number of ether oxygens (including phenoxy) is 1. The minimum absolute atomic E-state index is 0.0345. The number of nitrogens with zero attached hydrogens (tertiary/aromatic N) is 2. The van der Waals surface area contributed by atoms with E-state index >= 15 is 4.39 Å². The lowest BCUT2D eigenvalue weighted by Gasteiger charge is -2.24. The van der Waals surface area contributed by atoms with Gasteiger partial charge in [0.25, 0.3) is 0 Å². The molecule has 0 bridgehead atoms. The molecule has 1 saturated heterocycles. The van der Waals surface area contributed by atoms with E-state index in [2.05, 4.69) is 32.5 Å². The molecule has 0 aliphatic carbocycles. The summed E-state index contributed by atoms with van der Waals surface area (Å²) in [4.78, 5) is 20.7. The number of anilines is 3. The average molecular weight is 470 g/mol. The summed E-state index contributed by atoms with van der Waals surface area (Å²) >= 11 is 0. The van der Waals surface area contributed by atoms with Crippen LogP contribution in [0.3, 0.4) is 0 Å². The Hall–Kier alpha value is -4.14. The van der Waals surface area contributed by atoms with Gasteiger partial charge in [-0.2, -0.15) is 0 Å². The highest BCUT2D eigenvalue weighted by Crippen LogP contribution is 2.32. The predicted octanol–water partition coefficient (Wildman–Crippen LogP) is 4.96. The van der Waals surface area contributed by atoms with Crippen LogP contribution < -0.4 is 16.0 Å². The molecule has 8 heteroatoms. The molecule has 3 N–H and O–H groups in total. The number of aromatic nitrogens is 2. The SMILES string of the molecule is C=CC(=O)Nc1cccc(-c2c(F)ccc3cnc(Nc4ccc(C5CNCCO5)cc4)nc23)c1. The lowest BCUT2D eigenvalue weighted by atomic mass is 10.0. The Balaban J connectivity index is 1.45. The number of carbonyl (C=O) groups excluding carboxylic acids is 1. The molecular formula is C27H24FN5O2. The number of hydrogen-bond donors (Lipinski definition) is 3. The Bertz CT molecular complexity index is 1380. The first-order chi connectivity index (χ1) is 17.1. The maximum atomic E-state index is 15.0. The molecule has 1 aliphatic rings. The van der Waals surface area contributed by atoms with Gasteiger partial charge in [0.05, 0.1) is 18.2 Å². The number of morpholine rings is 1. The molecule has 1 fully saturated rings. The van der Waals surface area contributed by atoms with Gasteiger partial charge in [-0.3, -0.25) is 4.79 Å². The number of carbonyl (C=O) groups is 1. The normalized spacial score (nSPS) is 15.5. The third kappa shape index (κ3) is 5.03. The van der Waals surface area contributed by atoms with Gasteiger partial charge in [0, 0.05) is 41.6 Å². The lowest BCUT2D eigenvalue weighted by molar-refractivity contribution is -0.111. The summed E-state index contributed by atoms with van der Waals surface area (Å²) in [6.45, 7) is 5.80. The molecule has 35 heavy (non-hydrogen) atoms. The van der Waals surface area contributed by atoms with Crippen LogP contribution in [0.2, 0.25) is 0 Å². The zero-order chi connectivity index (χ0) is 24.2. The van der Waals surface area contributed by atoms with Crippen molar-refractivity contribution < 1.29 is 13.9 Å². The largest absolute Gasteiger partial charge is 0.371 e. The number of nitrogens with one attached hydrogen (secondary N) is 3. The van der Waals surface area contributed by atoms with Gasteiger partial charge in [-0.05, 0) is 53.6 Å². The first-order valence-corrected chi connectivity index (χ1v) is 11.3. The molecule has 4 aromatic rings. The first kappa shape index (κ1) is 22.6. The Labute approximate surface area is 202 Å². The monoisotopic (exact) mass is 469 g/mol. The number of amides is 1. The molecule has 0 saturated carbocycles. The Morgan fingerprint density at radius 2 is 2.00 bits per heavy atom. The number of hydrogen-bond acceptors (Lipinski definition) is 6. The molecule has 176 valence electrons. The number of fused-ring (bicyclic) bond motifs is 1. The molecule has 1 aromatic heterocycles. The van der Waals surface area contributed by atoms with E-state index in [1.165, 1.54) is 12.1 Å².